The van der Waals surface area contributed by atoms with E-state index in [2.05, 4.69) is 11.1 Å². The lowest BCUT2D eigenvalue weighted by atomic mass is 9.86. The molecule has 1 aromatic carbocycles. The number of aromatic nitrogens is 4. The molecule has 0 bridgehead atoms. The van der Waals surface area contributed by atoms with E-state index in [9.17, 15) is 14.3 Å². The second-order valence-electron chi connectivity index (χ2n) is 11.0. The monoisotopic (exact) mass is 602 g/mol. The molecule has 1 fully saturated rings. The van der Waals surface area contributed by atoms with Crippen LogP contribution in [0.15, 0.2) is 64.6 Å². The van der Waals surface area contributed by atoms with Crippen LogP contribution in [0, 0.1) is 6.01 Å². The Morgan fingerprint density at radius 1 is 1.14 bits per heavy atom. The summed E-state index contributed by atoms with van der Waals surface area (Å²) in [4.78, 5) is 25.5. The van der Waals surface area contributed by atoms with Crippen molar-refractivity contribution in [3.63, 3.8) is 0 Å². The number of carboxylic acids is 1. The van der Waals surface area contributed by atoms with E-state index in [-0.39, 0.29) is 24.3 Å². The van der Waals surface area contributed by atoms with Crippen molar-refractivity contribution in [1.29, 1.82) is 0 Å². The molecule has 0 radical (unpaired) electrons. The summed E-state index contributed by atoms with van der Waals surface area (Å²) < 4.78 is 32.6. The fourth-order valence-corrected chi connectivity index (χ4v) is 5.97. The molecule has 0 spiro atoms. The summed E-state index contributed by atoms with van der Waals surface area (Å²) in [6, 6.07) is 13.0. The molecule has 0 amide bonds. The van der Waals surface area contributed by atoms with Crippen LogP contribution in [0.5, 0.6) is 5.88 Å². The molecule has 1 N–H and O–H groups in total. The fourth-order valence-electron chi connectivity index (χ4n) is 5.77. The molecule has 2 atom stereocenters. The zero-order valence-corrected chi connectivity index (χ0v) is 23.9. The van der Waals surface area contributed by atoms with Crippen LogP contribution in [0.1, 0.15) is 59.2 Å². The fraction of sp³-hybridized carbons (Fsp3) is 0.312. The van der Waals surface area contributed by atoms with Crippen LogP contribution >= 0.6 is 11.6 Å². The number of nitrogens with zero attached hydrogens (tertiary/aromatic N) is 4. The SMILES string of the molecule is O=C(O)c1ccc2nc(CC3=CCC(c4cccc(OCc5ccc(Cl)c6cc(F)oc56)n4)CC3)n(C[C@@H]3CCO3)c2n1. The number of ether oxygens (including phenoxy) is 2. The maximum Gasteiger partial charge on any atom is 0.354 e. The summed E-state index contributed by atoms with van der Waals surface area (Å²) in [6.45, 7) is 1.51. The van der Waals surface area contributed by atoms with Gasteiger partial charge >= 0.3 is 5.97 Å². The van der Waals surface area contributed by atoms with Crippen molar-refractivity contribution >= 4 is 39.7 Å². The number of allylic oxidation sites excluding steroid dienone is 2. The molecule has 1 unspecified atom stereocenters. The first kappa shape index (κ1) is 27.5. The van der Waals surface area contributed by atoms with Crippen molar-refractivity contribution in [2.24, 2.45) is 0 Å². The number of carboxylic acid groups (broad SMARTS) is 1. The van der Waals surface area contributed by atoms with Crippen LogP contribution in [0.4, 0.5) is 4.39 Å². The number of aromatic carboxylic acids is 1. The quantitative estimate of drug-likeness (QED) is 0.182. The third-order valence-corrected chi connectivity index (χ3v) is 8.51. The number of fused-ring (bicyclic) bond motifs is 2. The Labute approximate surface area is 250 Å². The van der Waals surface area contributed by atoms with Crippen LogP contribution < -0.4 is 4.74 Å². The predicted molar refractivity (Wildman–Crippen MR) is 157 cm³/mol. The van der Waals surface area contributed by atoms with Gasteiger partial charge in [0.1, 0.15) is 23.5 Å². The third-order valence-electron chi connectivity index (χ3n) is 8.18. The number of hydrogen-bond donors (Lipinski definition) is 1. The summed E-state index contributed by atoms with van der Waals surface area (Å²) >= 11 is 6.18. The van der Waals surface area contributed by atoms with Gasteiger partial charge < -0.3 is 23.6 Å². The van der Waals surface area contributed by atoms with Crippen molar-refractivity contribution < 1.29 is 28.2 Å². The van der Waals surface area contributed by atoms with E-state index in [1.54, 1.807) is 18.2 Å². The van der Waals surface area contributed by atoms with Gasteiger partial charge in [0, 0.05) is 47.7 Å². The number of benzene rings is 1. The van der Waals surface area contributed by atoms with Gasteiger partial charge in [-0.25, -0.2) is 19.7 Å². The van der Waals surface area contributed by atoms with Crippen LogP contribution in [0.2, 0.25) is 5.02 Å². The van der Waals surface area contributed by atoms with E-state index in [1.807, 2.05) is 22.8 Å². The lowest BCUT2D eigenvalue weighted by Crippen LogP contribution is -2.32. The number of rotatable bonds is 9. The van der Waals surface area contributed by atoms with Gasteiger partial charge in [0.2, 0.25) is 5.88 Å². The smallest absolute Gasteiger partial charge is 0.354 e. The number of furan rings is 1. The molecule has 5 heterocycles. The van der Waals surface area contributed by atoms with Crippen molar-refractivity contribution in [3.05, 3.63) is 94.0 Å². The maximum atomic E-state index is 13.7. The molecule has 1 aliphatic heterocycles. The van der Waals surface area contributed by atoms with Gasteiger partial charge in [-0.05, 0) is 49.9 Å². The summed E-state index contributed by atoms with van der Waals surface area (Å²) in [5.74, 6) is 0.542. The Kier molecular flexibility index (Phi) is 7.32. The predicted octanol–water partition coefficient (Wildman–Crippen LogP) is 6.87. The summed E-state index contributed by atoms with van der Waals surface area (Å²) in [5.41, 5.74) is 4.57. The molecule has 2 aliphatic rings. The number of pyridine rings is 2. The number of hydrogen-bond acceptors (Lipinski definition) is 7. The second kappa shape index (κ2) is 11.4. The lowest BCUT2D eigenvalue weighted by Gasteiger charge is -2.27. The molecule has 43 heavy (non-hydrogen) atoms. The second-order valence-corrected chi connectivity index (χ2v) is 11.4. The van der Waals surface area contributed by atoms with Crippen LogP contribution in [0.25, 0.3) is 22.1 Å². The van der Waals surface area contributed by atoms with E-state index in [0.29, 0.717) is 51.6 Å². The minimum absolute atomic E-state index is 0.00414. The van der Waals surface area contributed by atoms with E-state index in [0.717, 1.165) is 43.8 Å². The molecule has 220 valence electrons. The third kappa shape index (κ3) is 5.60. The Bertz CT molecular complexity index is 1880. The van der Waals surface area contributed by atoms with E-state index < -0.39 is 12.0 Å². The first-order chi connectivity index (χ1) is 20.9. The summed E-state index contributed by atoms with van der Waals surface area (Å²) in [6.07, 6.45) is 6.63. The van der Waals surface area contributed by atoms with Crippen molar-refractivity contribution in [2.75, 3.05) is 6.61 Å². The average molecular weight is 603 g/mol. The summed E-state index contributed by atoms with van der Waals surface area (Å²) in [7, 11) is 0. The Morgan fingerprint density at radius 3 is 2.79 bits per heavy atom. The molecular formula is C32H28ClFN4O5. The summed E-state index contributed by atoms with van der Waals surface area (Å²) in [5, 5.41) is 10.4. The van der Waals surface area contributed by atoms with Crippen LogP contribution in [-0.2, 0) is 24.3 Å². The molecule has 7 rings (SSSR count). The van der Waals surface area contributed by atoms with Gasteiger partial charge in [-0.1, -0.05) is 35.4 Å². The van der Waals surface area contributed by atoms with Gasteiger partial charge in [-0.2, -0.15) is 4.39 Å². The zero-order valence-electron chi connectivity index (χ0n) is 23.1. The molecule has 11 heteroatoms. The minimum atomic E-state index is -1.06. The molecule has 1 saturated heterocycles. The van der Waals surface area contributed by atoms with Crippen LogP contribution in [-0.4, -0.2) is 43.3 Å². The minimum Gasteiger partial charge on any atom is -0.477 e. The Morgan fingerprint density at radius 2 is 2.02 bits per heavy atom. The topological polar surface area (TPSA) is 112 Å². The number of halogens is 2. The molecular weight excluding hydrogens is 575 g/mol. The number of imidazole rings is 1. The highest BCUT2D eigenvalue weighted by atomic mass is 35.5. The van der Waals surface area contributed by atoms with Gasteiger partial charge in [0.05, 0.1) is 17.7 Å². The zero-order chi connectivity index (χ0) is 29.5. The average Bonchev–Trinajstić information content (AvgIpc) is 3.55. The molecule has 4 aromatic heterocycles. The van der Waals surface area contributed by atoms with Crippen LogP contribution in [0.3, 0.4) is 0 Å². The normalized spacial score (nSPS) is 18.5. The Balaban J connectivity index is 1.05. The Hall–Kier alpha value is -4.28. The van der Waals surface area contributed by atoms with Crippen molar-refractivity contribution in [1.82, 2.24) is 19.5 Å². The van der Waals surface area contributed by atoms with Gasteiger partial charge in [0.25, 0.3) is 6.01 Å². The van der Waals surface area contributed by atoms with Crippen molar-refractivity contribution in [2.45, 2.75) is 57.3 Å². The highest BCUT2D eigenvalue weighted by molar-refractivity contribution is 6.35. The molecule has 9 nitrogen and oxygen atoms in total. The highest BCUT2D eigenvalue weighted by Gasteiger charge is 2.25. The van der Waals surface area contributed by atoms with Gasteiger partial charge in [0.15, 0.2) is 11.3 Å². The van der Waals surface area contributed by atoms with Crippen molar-refractivity contribution in [3.8, 4) is 5.88 Å². The van der Waals surface area contributed by atoms with E-state index in [4.69, 9.17) is 35.5 Å². The molecule has 1 aliphatic carbocycles. The first-order valence-electron chi connectivity index (χ1n) is 14.3. The maximum absolute atomic E-state index is 13.7. The van der Waals surface area contributed by atoms with Gasteiger partial charge in [-0.3, -0.25) is 0 Å². The van der Waals surface area contributed by atoms with Gasteiger partial charge in [-0.15, -0.1) is 0 Å². The lowest BCUT2D eigenvalue weighted by molar-refractivity contribution is -0.0590. The highest BCUT2D eigenvalue weighted by Crippen LogP contribution is 2.34. The van der Waals surface area contributed by atoms with E-state index >= 15 is 0 Å². The molecule has 0 saturated carbocycles. The largest absolute Gasteiger partial charge is 0.477 e. The van der Waals surface area contributed by atoms with E-state index in [1.165, 1.54) is 17.7 Å². The molecule has 5 aromatic rings. The standard InChI is InChI=1S/C32H28ClFN4O5/c33-23-9-8-20(30-22(23)15-27(34)43-30)17-42-29-3-1-2-24(36-29)19-6-4-18(5-7-19)14-28-35-25-10-11-26(32(39)40)37-31(25)38(28)16-21-12-13-41-21/h1-4,8-11,15,19,21H,5-7,12-14,16-17H2,(H,39,40)/t19?,21-/m0/s1. The number of carbonyl (C=O) groups is 1. The first-order valence-corrected chi connectivity index (χ1v) is 14.6.